The number of pyridine rings is 2. The minimum absolute atomic E-state index is 0.0891. The van der Waals surface area contributed by atoms with Gasteiger partial charge < -0.3 is 9.94 Å². The fourth-order valence-electron chi connectivity index (χ4n) is 1.73. The maximum Gasteiger partial charge on any atom is 0.325 e. The van der Waals surface area contributed by atoms with Gasteiger partial charge in [0.1, 0.15) is 6.61 Å². The summed E-state index contributed by atoms with van der Waals surface area (Å²) in [5.74, 6) is -0.695. The molecule has 6 heteroatoms. The van der Waals surface area contributed by atoms with E-state index in [1.165, 1.54) is 12.4 Å². The van der Waals surface area contributed by atoms with Gasteiger partial charge in [0.15, 0.2) is 11.6 Å². The van der Waals surface area contributed by atoms with Crippen LogP contribution < -0.4 is 10.4 Å². The maximum absolute atomic E-state index is 13.5. The van der Waals surface area contributed by atoms with Gasteiger partial charge >= 0.3 is 5.56 Å². The van der Waals surface area contributed by atoms with Crippen molar-refractivity contribution in [1.82, 2.24) is 9.71 Å². The van der Waals surface area contributed by atoms with Crippen LogP contribution in [0.5, 0.6) is 5.75 Å². The highest BCUT2D eigenvalue weighted by Gasteiger charge is 2.23. The largest absolute Gasteiger partial charge is 0.502 e. The molecule has 2 aromatic heterocycles. The van der Waals surface area contributed by atoms with E-state index in [1.807, 2.05) is 0 Å². The fourth-order valence-corrected chi connectivity index (χ4v) is 1.73. The van der Waals surface area contributed by atoms with Crippen LogP contribution in [0.1, 0.15) is 12.8 Å². The Kier molecular flexibility index (Phi) is 2.43. The van der Waals surface area contributed by atoms with Gasteiger partial charge in [-0.15, -0.1) is 4.73 Å². The second-order valence-corrected chi connectivity index (χ2v) is 4.43. The Balaban J connectivity index is 2.10. The van der Waals surface area contributed by atoms with Gasteiger partial charge in [0.2, 0.25) is 0 Å². The number of fused-ring (bicyclic) bond motifs is 1. The van der Waals surface area contributed by atoms with Gasteiger partial charge in [-0.05, 0) is 18.8 Å². The van der Waals surface area contributed by atoms with Crippen LogP contribution in [-0.2, 0) is 0 Å². The van der Waals surface area contributed by atoms with Gasteiger partial charge in [-0.3, -0.25) is 9.78 Å². The summed E-state index contributed by atoms with van der Waals surface area (Å²) in [6.07, 6.45) is 5.67. The molecule has 2 aromatic rings. The van der Waals surface area contributed by atoms with Crippen LogP contribution in [0.2, 0.25) is 0 Å². The maximum atomic E-state index is 13.5. The van der Waals surface area contributed by atoms with E-state index < -0.39 is 17.1 Å². The third kappa shape index (κ3) is 1.79. The molecule has 18 heavy (non-hydrogen) atoms. The summed E-state index contributed by atoms with van der Waals surface area (Å²) in [5, 5.41) is 9.92. The standard InChI is InChI=1S/C12H11FN2O3/c13-10-4-14-3-8-9(10)5-15(12(17)11(8)16)18-6-7-1-2-7/h3-5,7,16H,1-2,6H2. The van der Waals surface area contributed by atoms with Gasteiger partial charge in [0.25, 0.3) is 0 Å². The number of aromatic nitrogens is 2. The fraction of sp³-hybridized carbons (Fsp3) is 0.333. The first-order valence-electron chi connectivity index (χ1n) is 5.68. The van der Waals surface area contributed by atoms with Gasteiger partial charge in [-0.2, -0.15) is 0 Å². The molecule has 0 unspecified atom stereocenters. The van der Waals surface area contributed by atoms with Crippen LogP contribution in [-0.4, -0.2) is 21.4 Å². The molecular formula is C12H11FN2O3. The Morgan fingerprint density at radius 3 is 2.94 bits per heavy atom. The summed E-state index contributed by atoms with van der Waals surface area (Å²) in [6, 6.07) is 0. The highest BCUT2D eigenvalue weighted by Crippen LogP contribution is 2.28. The molecule has 94 valence electrons. The van der Waals surface area contributed by atoms with Crippen LogP contribution in [0.4, 0.5) is 4.39 Å². The van der Waals surface area contributed by atoms with Crippen LogP contribution in [0.15, 0.2) is 23.4 Å². The van der Waals surface area contributed by atoms with Gasteiger partial charge in [0, 0.05) is 11.6 Å². The van der Waals surface area contributed by atoms with Gasteiger partial charge in [-0.25, -0.2) is 4.39 Å². The summed E-state index contributed by atoms with van der Waals surface area (Å²) in [7, 11) is 0. The molecule has 2 heterocycles. The van der Waals surface area contributed by atoms with Crippen molar-refractivity contribution in [3.63, 3.8) is 0 Å². The monoisotopic (exact) mass is 250 g/mol. The molecule has 0 aromatic carbocycles. The molecule has 5 nitrogen and oxygen atoms in total. The number of hydrogen-bond donors (Lipinski definition) is 1. The van der Waals surface area contributed by atoms with E-state index in [4.69, 9.17) is 4.84 Å². The van der Waals surface area contributed by atoms with E-state index in [2.05, 4.69) is 4.98 Å². The van der Waals surface area contributed by atoms with Gasteiger partial charge in [0.05, 0.1) is 17.8 Å². The van der Waals surface area contributed by atoms with E-state index in [0.29, 0.717) is 12.5 Å². The number of nitrogens with zero attached hydrogens (tertiary/aromatic N) is 2. The number of aromatic hydroxyl groups is 1. The number of hydrogen-bond acceptors (Lipinski definition) is 4. The predicted octanol–water partition coefficient (Wildman–Crippen LogP) is 1.08. The molecule has 0 bridgehead atoms. The van der Waals surface area contributed by atoms with E-state index in [-0.39, 0.29) is 10.8 Å². The third-order valence-electron chi connectivity index (χ3n) is 2.99. The van der Waals surface area contributed by atoms with Crippen molar-refractivity contribution < 1.29 is 14.3 Å². The van der Waals surface area contributed by atoms with Crippen molar-refractivity contribution >= 4 is 10.8 Å². The molecule has 1 aliphatic rings. The van der Waals surface area contributed by atoms with Crippen molar-refractivity contribution in [3.05, 3.63) is 34.8 Å². The average molecular weight is 250 g/mol. The molecule has 1 aliphatic carbocycles. The lowest BCUT2D eigenvalue weighted by Crippen LogP contribution is -2.27. The summed E-state index contributed by atoms with van der Waals surface area (Å²) in [6.45, 7) is 0.400. The lowest BCUT2D eigenvalue weighted by Gasteiger charge is -2.10. The predicted molar refractivity (Wildman–Crippen MR) is 61.8 cm³/mol. The number of halogens is 1. The summed E-state index contributed by atoms with van der Waals surface area (Å²) >= 11 is 0. The van der Waals surface area contributed by atoms with Crippen molar-refractivity contribution in [2.45, 2.75) is 12.8 Å². The van der Waals surface area contributed by atoms with E-state index in [1.54, 1.807) is 0 Å². The minimum Gasteiger partial charge on any atom is -0.502 e. The van der Waals surface area contributed by atoms with Gasteiger partial charge in [-0.1, -0.05) is 0 Å². The molecule has 0 radical (unpaired) electrons. The first-order chi connectivity index (χ1) is 8.66. The summed E-state index contributed by atoms with van der Waals surface area (Å²) < 4.78 is 14.4. The molecule has 1 fully saturated rings. The summed E-state index contributed by atoms with van der Waals surface area (Å²) in [4.78, 5) is 20.6. The van der Waals surface area contributed by atoms with Crippen molar-refractivity contribution in [3.8, 4) is 5.75 Å². The Morgan fingerprint density at radius 2 is 2.22 bits per heavy atom. The Morgan fingerprint density at radius 1 is 1.44 bits per heavy atom. The summed E-state index contributed by atoms with van der Waals surface area (Å²) in [5.41, 5.74) is -0.699. The molecule has 1 saturated carbocycles. The first-order valence-corrected chi connectivity index (χ1v) is 5.68. The zero-order chi connectivity index (χ0) is 12.7. The minimum atomic E-state index is -0.699. The highest BCUT2D eigenvalue weighted by molar-refractivity contribution is 5.86. The molecule has 0 aliphatic heterocycles. The van der Waals surface area contributed by atoms with Crippen molar-refractivity contribution in [1.29, 1.82) is 0 Å². The third-order valence-corrected chi connectivity index (χ3v) is 2.99. The molecule has 0 amide bonds. The van der Waals surface area contributed by atoms with Crippen LogP contribution in [0, 0.1) is 11.7 Å². The molecule has 0 saturated heterocycles. The lowest BCUT2D eigenvalue weighted by molar-refractivity contribution is 0.0924. The number of rotatable bonds is 3. The average Bonchev–Trinajstić information content (AvgIpc) is 3.17. The zero-order valence-corrected chi connectivity index (χ0v) is 9.47. The molecule has 3 rings (SSSR count). The molecule has 0 atom stereocenters. The lowest BCUT2D eigenvalue weighted by atomic mass is 10.2. The van der Waals surface area contributed by atoms with E-state index in [0.717, 1.165) is 23.8 Å². The Bertz CT molecular complexity index is 664. The topological polar surface area (TPSA) is 64.3 Å². The van der Waals surface area contributed by atoms with Crippen LogP contribution in [0.25, 0.3) is 10.8 Å². The zero-order valence-electron chi connectivity index (χ0n) is 9.47. The second-order valence-electron chi connectivity index (χ2n) is 4.43. The Labute approximate surface area is 101 Å². The normalized spacial score (nSPS) is 14.9. The molecule has 0 spiro atoms. The highest BCUT2D eigenvalue weighted by atomic mass is 19.1. The van der Waals surface area contributed by atoms with Crippen molar-refractivity contribution in [2.24, 2.45) is 5.92 Å². The molecule has 1 N–H and O–H groups in total. The first kappa shape index (κ1) is 11.0. The second kappa shape index (κ2) is 3.97. The van der Waals surface area contributed by atoms with E-state index >= 15 is 0 Å². The Hall–Kier alpha value is -2.11. The van der Waals surface area contributed by atoms with Crippen molar-refractivity contribution in [2.75, 3.05) is 6.61 Å². The van der Waals surface area contributed by atoms with Crippen LogP contribution in [0.3, 0.4) is 0 Å². The van der Waals surface area contributed by atoms with Crippen LogP contribution >= 0.6 is 0 Å². The quantitative estimate of drug-likeness (QED) is 0.885. The molecular weight excluding hydrogens is 239 g/mol. The van der Waals surface area contributed by atoms with E-state index in [9.17, 15) is 14.3 Å². The smallest absolute Gasteiger partial charge is 0.325 e. The SMILES string of the molecule is O=c1c(O)c2cncc(F)c2cn1OCC1CC1.